The summed E-state index contributed by atoms with van der Waals surface area (Å²) in [6.45, 7) is 6.02. The number of rotatable bonds is 2. The van der Waals surface area contributed by atoms with E-state index in [0.717, 1.165) is 16.7 Å². The number of hydrogen-bond acceptors (Lipinski definition) is 3. The number of aryl methyl sites for hydroxylation is 1. The van der Waals surface area contributed by atoms with Crippen molar-refractivity contribution in [2.24, 2.45) is 11.1 Å². The zero-order valence-electron chi connectivity index (χ0n) is 13.9. The van der Waals surface area contributed by atoms with E-state index in [1.165, 1.54) is 6.07 Å². The Labute approximate surface area is 140 Å². The number of ether oxygens (including phenoxy) is 2. The van der Waals surface area contributed by atoms with E-state index in [0.29, 0.717) is 17.9 Å². The molecule has 3 rings (SSSR count). The highest BCUT2D eigenvalue weighted by atomic mass is 19.1. The summed E-state index contributed by atoms with van der Waals surface area (Å²) < 4.78 is 25.0. The number of nitrogens with two attached hydrogens (primary N) is 1. The Morgan fingerprint density at radius 1 is 1.25 bits per heavy atom. The first kappa shape index (κ1) is 16.3. The molecule has 5 heteroatoms. The molecule has 126 valence electrons. The van der Waals surface area contributed by atoms with Crippen molar-refractivity contribution < 1.29 is 18.7 Å². The SMILES string of the molecule is Cc1ccc(-c2ccc3c(c2)OCC(C)(C)C3OC(N)=O)cc1F. The zero-order valence-corrected chi connectivity index (χ0v) is 13.9. The van der Waals surface area contributed by atoms with E-state index in [1.54, 1.807) is 13.0 Å². The zero-order chi connectivity index (χ0) is 17.5. The van der Waals surface area contributed by atoms with Gasteiger partial charge in [0.2, 0.25) is 0 Å². The number of fused-ring (bicyclic) bond motifs is 1. The summed E-state index contributed by atoms with van der Waals surface area (Å²) in [4.78, 5) is 11.2. The van der Waals surface area contributed by atoms with Crippen LogP contribution in [-0.2, 0) is 4.74 Å². The van der Waals surface area contributed by atoms with Crippen molar-refractivity contribution in [3.63, 3.8) is 0 Å². The first-order valence-electron chi connectivity index (χ1n) is 7.77. The number of halogens is 1. The molecule has 0 aromatic heterocycles. The fourth-order valence-corrected chi connectivity index (χ4v) is 2.93. The molecule has 1 heterocycles. The molecule has 0 radical (unpaired) electrons. The summed E-state index contributed by atoms with van der Waals surface area (Å²) in [5, 5.41) is 0. The molecule has 1 aliphatic heterocycles. The minimum absolute atomic E-state index is 0.248. The topological polar surface area (TPSA) is 61.6 Å². The second-order valence-corrected chi connectivity index (χ2v) is 6.81. The number of benzene rings is 2. The summed E-state index contributed by atoms with van der Waals surface area (Å²) in [6, 6.07) is 10.7. The van der Waals surface area contributed by atoms with E-state index in [2.05, 4.69) is 0 Å². The van der Waals surface area contributed by atoms with Crippen LogP contribution in [0.15, 0.2) is 36.4 Å². The fraction of sp³-hybridized carbons (Fsp3) is 0.316. The van der Waals surface area contributed by atoms with E-state index < -0.39 is 12.2 Å². The van der Waals surface area contributed by atoms with Crippen LogP contribution in [0.2, 0.25) is 0 Å². The van der Waals surface area contributed by atoms with Gasteiger partial charge in [-0.15, -0.1) is 0 Å². The van der Waals surface area contributed by atoms with Gasteiger partial charge in [0, 0.05) is 11.0 Å². The Hall–Kier alpha value is -2.56. The third kappa shape index (κ3) is 2.94. The lowest BCUT2D eigenvalue weighted by Crippen LogP contribution is -2.37. The van der Waals surface area contributed by atoms with E-state index in [4.69, 9.17) is 15.2 Å². The Balaban J connectivity index is 2.02. The van der Waals surface area contributed by atoms with E-state index in [9.17, 15) is 9.18 Å². The minimum Gasteiger partial charge on any atom is -0.492 e. The molecule has 0 saturated heterocycles. The van der Waals surface area contributed by atoms with Crippen LogP contribution in [-0.4, -0.2) is 12.7 Å². The molecule has 0 aliphatic carbocycles. The van der Waals surface area contributed by atoms with Crippen LogP contribution in [0.5, 0.6) is 5.75 Å². The van der Waals surface area contributed by atoms with Crippen LogP contribution in [0, 0.1) is 18.2 Å². The van der Waals surface area contributed by atoms with Crippen LogP contribution in [0.1, 0.15) is 31.1 Å². The number of hydrogen-bond donors (Lipinski definition) is 1. The van der Waals surface area contributed by atoms with Gasteiger partial charge in [-0.25, -0.2) is 9.18 Å². The normalized spacial score (nSPS) is 18.4. The van der Waals surface area contributed by atoms with E-state index in [-0.39, 0.29) is 11.2 Å². The van der Waals surface area contributed by atoms with Gasteiger partial charge in [-0.2, -0.15) is 0 Å². The monoisotopic (exact) mass is 329 g/mol. The predicted octanol–water partition coefficient (Wildman–Crippen LogP) is 4.36. The van der Waals surface area contributed by atoms with E-state index >= 15 is 0 Å². The van der Waals surface area contributed by atoms with Gasteiger partial charge >= 0.3 is 6.09 Å². The lowest BCUT2D eigenvalue weighted by molar-refractivity contribution is -0.0176. The quantitative estimate of drug-likeness (QED) is 0.890. The minimum atomic E-state index is -0.814. The van der Waals surface area contributed by atoms with Gasteiger partial charge in [-0.3, -0.25) is 0 Å². The second kappa shape index (κ2) is 5.82. The lowest BCUT2D eigenvalue weighted by atomic mass is 9.80. The summed E-state index contributed by atoms with van der Waals surface area (Å²) in [5.41, 5.74) is 7.79. The highest BCUT2D eigenvalue weighted by Crippen LogP contribution is 2.46. The first-order valence-corrected chi connectivity index (χ1v) is 7.77. The molecule has 0 bridgehead atoms. The molecular formula is C19H20FNO3. The largest absolute Gasteiger partial charge is 0.492 e. The molecule has 1 atom stereocenters. The maximum atomic E-state index is 13.8. The second-order valence-electron chi connectivity index (χ2n) is 6.81. The van der Waals surface area contributed by atoms with Gasteiger partial charge in [-0.1, -0.05) is 38.1 Å². The number of amides is 1. The maximum absolute atomic E-state index is 13.8. The Morgan fingerprint density at radius 2 is 1.92 bits per heavy atom. The Bertz CT molecular complexity index is 801. The van der Waals surface area contributed by atoms with Gasteiger partial charge in [-0.05, 0) is 35.7 Å². The average Bonchev–Trinajstić information content (AvgIpc) is 2.52. The highest BCUT2D eigenvalue weighted by Gasteiger charge is 2.40. The molecule has 0 spiro atoms. The van der Waals surface area contributed by atoms with Crippen molar-refractivity contribution in [2.75, 3.05) is 6.61 Å². The van der Waals surface area contributed by atoms with Crippen LogP contribution >= 0.6 is 0 Å². The molecule has 4 nitrogen and oxygen atoms in total. The smallest absolute Gasteiger partial charge is 0.405 e. The van der Waals surface area contributed by atoms with Crippen molar-refractivity contribution in [1.29, 1.82) is 0 Å². The molecule has 24 heavy (non-hydrogen) atoms. The van der Waals surface area contributed by atoms with Crippen molar-refractivity contribution in [3.8, 4) is 16.9 Å². The molecule has 1 amide bonds. The van der Waals surface area contributed by atoms with Gasteiger partial charge in [0.25, 0.3) is 0 Å². The number of primary amides is 1. The molecular weight excluding hydrogens is 309 g/mol. The molecule has 0 saturated carbocycles. The van der Waals surface area contributed by atoms with Gasteiger partial charge in [0.1, 0.15) is 17.7 Å². The summed E-state index contributed by atoms with van der Waals surface area (Å²) in [7, 11) is 0. The molecule has 2 aromatic rings. The standard InChI is InChI=1S/C19H20FNO3/c1-11-4-5-12(8-15(11)20)13-6-7-14-16(9-13)23-10-19(2,3)17(14)24-18(21)22/h4-9,17H,10H2,1-3H3,(H2,21,22). The highest BCUT2D eigenvalue weighted by molar-refractivity contribution is 5.68. The van der Waals surface area contributed by atoms with Crippen LogP contribution in [0.3, 0.4) is 0 Å². The maximum Gasteiger partial charge on any atom is 0.405 e. The summed E-state index contributed by atoms with van der Waals surface area (Å²) >= 11 is 0. The molecule has 0 fully saturated rings. The van der Waals surface area contributed by atoms with Crippen LogP contribution in [0.25, 0.3) is 11.1 Å². The Kier molecular flexibility index (Phi) is 3.95. The molecule has 2 N–H and O–H groups in total. The lowest BCUT2D eigenvalue weighted by Gasteiger charge is -2.38. The molecule has 1 aliphatic rings. The first-order chi connectivity index (χ1) is 11.3. The van der Waals surface area contributed by atoms with Crippen molar-refractivity contribution in [2.45, 2.75) is 26.9 Å². The van der Waals surface area contributed by atoms with Crippen LogP contribution in [0.4, 0.5) is 9.18 Å². The van der Waals surface area contributed by atoms with Crippen molar-refractivity contribution in [3.05, 3.63) is 53.3 Å². The Morgan fingerprint density at radius 3 is 2.58 bits per heavy atom. The van der Waals surface area contributed by atoms with Crippen LogP contribution < -0.4 is 10.5 Å². The predicted molar refractivity (Wildman–Crippen MR) is 89.3 cm³/mol. The number of carbonyl (C=O) groups is 1. The fourth-order valence-electron chi connectivity index (χ4n) is 2.93. The van der Waals surface area contributed by atoms with Crippen molar-refractivity contribution in [1.82, 2.24) is 0 Å². The molecule has 1 unspecified atom stereocenters. The average molecular weight is 329 g/mol. The van der Waals surface area contributed by atoms with Crippen molar-refractivity contribution >= 4 is 6.09 Å². The third-order valence-corrected chi connectivity index (χ3v) is 4.34. The number of carbonyl (C=O) groups excluding carboxylic acids is 1. The molecule has 2 aromatic carbocycles. The van der Waals surface area contributed by atoms with Gasteiger partial charge in [0.05, 0.1) is 6.61 Å². The summed E-state index contributed by atoms with van der Waals surface area (Å²) in [6.07, 6.45) is -1.30. The van der Waals surface area contributed by atoms with Gasteiger partial charge in [0.15, 0.2) is 0 Å². The third-order valence-electron chi connectivity index (χ3n) is 4.34. The van der Waals surface area contributed by atoms with E-state index in [1.807, 2.05) is 38.1 Å². The van der Waals surface area contributed by atoms with Gasteiger partial charge < -0.3 is 15.2 Å². The summed E-state index contributed by atoms with van der Waals surface area (Å²) in [5.74, 6) is 0.376.